The molecule has 1 aliphatic rings. The minimum Gasteiger partial charge on any atom is -0.397 e. The van der Waals surface area contributed by atoms with E-state index in [1.807, 2.05) is 18.2 Å². The lowest BCUT2D eigenvalue weighted by molar-refractivity contribution is 0.279. The number of nitrogens with two attached hydrogens (primary N) is 1. The maximum absolute atomic E-state index is 8.89. The molecule has 0 spiro atoms. The molecule has 0 radical (unpaired) electrons. The number of anilines is 2. The molecule has 3 heteroatoms. The number of nitrogens with zero attached hydrogens (tertiary/aromatic N) is 1. The smallest absolute Gasteiger partial charge is 0.0602 e. The Bertz CT molecular complexity index is 340. The Morgan fingerprint density at radius 1 is 1.38 bits per heavy atom. The molecule has 0 aliphatic carbocycles. The van der Waals surface area contributed by atoms with Gasteiger partial charge in [-0.05, 0) is 37.8 Å². The fourth-order valence-corrected chi connectivity index (χ4v) is 2.53. The van der Waals surface area contributed by atoms with Crippen LogP contribution >= 0.6 is 0 Å². The van der Waals surface area contributed by atoms with Gasteiger partial charge >= 0.3 is 0 Å². The first-order valence-corrected chi connectivity index (χ1v) is 6.05. The van der Waals surface area contributed by atoms with E-state index < -0.39 is 0 Å². The average Bonchev–Trinajstić information content (AvgIpc) is 2.75. The molecule has 1 aromatic carbocycles. The van der Waals surface area contributed by atoms with Crippen LogP contribution in [0, 0.1) is 0 Å². The quantitative estimate of drug-likeness (QED) is 0.763. The van der Waals surface area contributed by atoms with Crippen molar-refractivity contribution in [1.29, 1.82) is 0 Å². The van der Waals surface area contributed by atoms with Crippen LogP contribution in [0.4, 0.5) is 11.4 Å². The zero-order chi connectivity index (χ0) is 11.4. The second kappa shape index (κ2) is 5.21. The van der Waals surface area contributed by atoms with Crippen molar-refractivity contribution in [2.24, 2.45) is 0 Å². The summed E-state index contributed by atoms with van der Waals surface area (Å²) in [6.07, 6.45) is 4.39. The molecule has 1 saturated heterocycles. The summed E-state index contributed by atoms with van der Waals surface area (Å²) in [4.78, 5) is 2.39. The molecule has 1 atom stereocenters. The Hall–Kier alpha value is -1.22. The van der Waals surface area contributed by atoms with Gasteiger partial charge in [0.15, 0.2) is 0 Å². The molecule has 1 unspecified atom stereocenters. The second-order valence-electron chi connectivity index (χ2n) is 4.41. The summed E-state index contributed by atoms with van der Waals surface area (Å²) >= 11 is 0. The Morgan fingerprint density at radius 3 is 2.94 bits per heavy atom. The van der Waals surface area contributed by atoms with E-state index in [2.05, 4.69) is 11.0 Å². The molecular weight excluding hydrogens is 200 g/mol. The number of aliphatic hydroxyl groups excluding tert-OH is 1. The molecule has 1 aromatic rings. The van der Waals surface area contributed by atoms with Gasteiger partial charge in [0.05, 0.1) is 11.4 Å². The van der Waals surface area contributed by atoms with Crippen LogP contribution in [-0.2, 0) is 0 Å². The van der Waals surface area contributed by atoms with Gasteiger partial charge in [-0.15, -0.1) is 0 Å². The zero-order valence-electron chi connectivity index (χ0n) is 9.60. The molecule has 3 nitrogen and oxygen atoms in total. The Labute approximate surface area is 96.9 Å². The van der Waals surface area contributed by atoms with Crippen molar-refractivity contribution >= 4 is 11.4 Å². The minimum atomic E-state index is 0.286. The van der Waals surface area contributed by atoms with Crippen molar-refractivity contribution in [1.82, 2.24) is 0 Å². The molecule has 3 N–H and O–H groups in total. The standard InChI is InChI=1S/C13H20N2O/c14-12-7-1-2-8-13(12)15-9-3-5-11(15)6-4-10-16/h1-2,7-8,11,16H,3-6,9-10,14H2. The van der Waals surface area contributed by atoms with E-state index in [4.69, 9.17) is 10.8 Å². The van der Waals surface area contributed by atoms with Crippen LogP contribution in [0.25, 0.3) is 0 Å². The molecule has 88 valence electrons. The summed E-state index contributed by atoms with van der Waals surface area (Å²) in [6, 6.07) is 8.60. The number of aliphatic hydroxyl groups is 1. The summed E-state index contributed by atoms with van der Waals surface area (Å²) in [6.45, 7) is 1.37. The highest BCUT2D eigenvalue weighted by Gasteiger charge is 2.25. The monoisotopic (exact) mass is 220 g/mol. The van der Waals surface area contributed by atoms with E-state index in [-0.39, 0.29) is 6.61 Å². The molecule has 2 rings (SSSR count). The number of hydrogen-bond donors (Lipinski definition) is 2. The van der Waals surface area contributed by atoms with E-state index in [0.29, 0.717) is 6.04 Å². The van der Waals surface area contributed by atoms with Crippen LogP contribution in [0.3, 0.4) is 0 Å². The normalized spacial score (nSPS) is 20.3. The summed E-state index contributed by atoms with van der Waals surface area (Å²) in [5.41, 5.74) is 8.02. The van der Waals surface area contributed by atoms with Crippen LogP contribution in [0.1, 0.15) is 25.7 Å². The first-order chi connectivity index (χ1) is 7.83. The number of nitrogen functional groups attached to an aromatic ring is 1. The third-order valence-corrected chi connectivity index (χ3v) is 3.32. The fraction of sp³-hybridized carbons (Fsp3) is 0.538. The van der Waals surface area contributed by atoms with Gasteiger partial charge in [-0.25, -0.2) is 0 Å². The van der Waals surface area contributed by atoms with E-state index in [0.717, 1.165) is 30.8 Å². The van der Waals surface area contributed by atoms with E-state index in [9.17, 15) is 0 Å². The van der Waals surface area contributed by atoms with Crippen LogP contribution in [0.5, 0.6) is 0 Å². The first kappa shape index (κ1) is 11.3. The summed E-state index contributed by atoms with van der Waals surface area (Å²) in [7, 11) is 0. The van der Waals surface area contributed by atoms with Gasteiger partial charge in [0.1, 0.15) is 0 Å². The number of hydrogen-bond acceptors (Lipinski definition) is 3. The topological polar surface area (TPSA) is 49.5 Å². The maximum Gasteiger partial charge on any atom is 0.0602 e. The third kappa shape index (κ3) is 2.30. The van der Waals surface area contributed by atoms with Gasteiger partial charge < -0.3 is 15.7 Å². The highest BCUT2D eigenvalue weighted by Crippen LogP contribution is 2.31. The molecule has 0 amide bonds. The molecule has 1 aliphatic heterocycles. The van der Waals surface area contributed by atoms with Gasteiger partial charge in [0.2, 0.25) is 0 Å². The van der Waals surface area contributed by atoms with Crippen molar-refractivity contribution in [2.75, 3.05) is 23.8 Å². The van der Waals surface area contributed by atoms with Gasteiger partial charge in [-0.3, -0.25) is 0 Å². The number of benzene rings is 1. The predicted molar refractivity (Wildman–Crippen MR) is 67.5 cm³/mol. The molecule has 1 heterocycles. The van der Waals surface area contributed by atoms with Gasteiger partial charge in [0.25, 0.3) is 0 Å². The van der Waals surface area contributed by atoms with Crippen LogP contribution < -0.4 is 10.6 Å². The minimum absolute atomic E-state index is 0.286. The SMILES string of the molecule is Nc1ccccc1N1CCCC1CCCO. The van der Waals surface area contributed by atoms with Crippen molar-refractivity contribution in [2.45, 2.75) is 31.7 Å². The average molecular weight is 220 g/mol. The summed E-state index contributed by atoms with van der Waals surface area (Å²) in [5, 5.41) is 8.89. The lowest BCUT2D eigenvalue weighted by atomic mass is 10.1. The first-order valence-electron chi connectivity index (χ1n) is 6.05. The summed E-state index contributed by atoms with van der Waals surface area (Å²) < 4.78 is 0. The van der Waals surface area contributed by atoms with Crippen molar-refractivity contribution in [3.63, 3.8) is 0 Å². The van der Waals surface area contributed by atoms with E-state index in [1.54, 1.807) is 0 Å². The Balaban J connectivity index is 2.10. The number of para-hydroxylation sites is 2. The number of rotatable bonds is 4. The van der Waals surface area contributed by atoms with Crippen LogP contribution in [0.15, 0.2) is 24.3 Å². The Morgan fingerprint density at radius 2 is 2.19 bits per heavy atom. The molecule has 16 heavy (non-hydrogen) atoms. The van der Waals surface area contributed by atoms with Crippen molar-refractivity contribution in [3.8, 4) is 0 Å². The zero-order valence-corrected chi connectivity index (χ0v) is 9.60. The van der Waals surface area contributed by atoms with Gasteiger partial charge in [0, 0.05) is 19.2 Å². The molecule has 0 bridgehead atoms. The largest absolute Gasteiger partial charge is 0.397 e. The predicted octanol–water partition coefficient (Wildman–Crippen LogP) is 2.01. The molecule has 0 aromatic heterocycles. The molecular formula is C13H20N2O. The molecule has 1 fully saturated rings. The molecule has 0 saturated carbocycles. The van der Waals surface area contributed by atoms with Gasteiger partial charge in [-0.2, -0.15) is 0 Å². The Kier molecular flexibility index (Phi) is 3.67. The van der Waals surface area contributed by atoms with Crippen LogP contribution in [0.2, 0.25) is 0 Å². The van der Waals surface area contributed by atoms with Crippen molar-refractivity contribution < 1.29 is 5.11 Å². The summed E-state index contributed by atoms with van der Waals surface area (Å²) in [5.74, 6) is 0. The van der Waals surface area contributed by atoms with E-state index >= 15 is 0 Å². The third-order valence-electron chi connectivity index (χ3n) is 3.32. The lowest BCUT2D eigenvalue weighted by Gasteiger charge is -2.27. The van der Waals surface area contributed by atoms with E-state index in [1.165, 1.54) is 12.8 Å². The van der Waals surface area contributed by atoms with Gasteiger partial charge in [-0.1, -0.05) is 12.1 Å². The maximum atomic E-state index is 8.89. The highest BCUT2D eigenvalue weighted by atomic mass is 16.2. The second-order valence-corrected chi connectivity index (χ2v) is 4.41. The lowest BCUT2D eigenvalue weighted by Crippen LogP contribution is -2.29. The van der Waals surface area contributed by atoms with Crippen molar-refractivity contribution in [3.05, 3.63) is 24.3 Å². The highest BCUT2D eigenvalue weighted by molar-refractivity contribution is 5.68. The fourth-order valence-electron chi connectivity index (χ4n) is 2.53. The van der Waals surface area contributed by atoms with Crippen LogP contribution in [-0.4, -0.2) is 24.3 Å².